The second-order valence-electron chi connectivity index (χ2n) is 3.37. The van der Waals surface area contributed by atoms with Gasteiger partial charge in [-0.25, -0.2) is 4.79 Å². The van der Waals surface area contributed by atoms with Gasteiger partial charge < -0.3 is 5.11 Å². The Balaban J connectivity index is 3.27. The predicted molar refractivity (Wildman–Crippen MR) is 52.2 cm³/mol. The van der Waals surface area contributed by atoms with E-state index >= 15 is 0 Å². The molecule has 1 N–H and O–H groups in total. The fourth-order valence-electron chi connectivity index (χ4n) is 1.29. The third kappa shape index (κ3) is 1.91. The summed E-state index contributed by atoms with van der Waals surface area (Å²) >= 11 is 0. The molecule has 14 heavy (non-hydrogen) atoms. The summed E-state index contributed by atoms with van der Waals surface area (Å²) in [5.74, 6) is -0.774. The number of hydrogen-bond acceptors (Lipinski definition) is 2. The van der Waals surface area contributed by atoms with Gasteiger partial charge in [-0.3, -0.25) is 0 Å². The molecular weight excluding hydrogens is 178 g/mol. The van der Waals surface area contributed by atoms with Crippen LogP contribution in [-0.4, -0.2) is 11.1 Å². The van der Waals surface area contributed by atoms with Crippen molar-refractivity contribution in [2.24, 2.45) is 0 Å². The molecule has 0 heterocycles. The minimum atomic E-state index is -1.00. The van der Waals surface area contributed by atoms with Crippen molar-refractivity contribution in [3.63, 3.8) is 0 Å². The van der Waals surface area contributed by atoms with Crippen molar-refractivity contribution in [3.8, 4) is 6.07 Å². The maximum atomic E-state index is 10.6. The fourth-order valence-corrected chi connectivity index (χ4v) is 1.29. The summed E-state index contributed by atoms with van der Waals surface area (Å²) < 4.78 is 0. The molecule has 0 radical (unpaired) electrons. The summed E-state index contributed by atoms with van der Waals surface area (Å²) in [5, 5.41) is 17.6. The number of carboxylic acids is 1. The first-order chi connectivity index (χ1) is 6.56. The van der Waals surface area contributed by atoms with Gasteiger partial charge in [0.05, 0.1) is 17.2 Å². The Morgan fingerprint density at radius 3 is 2.57 bits per heavy atom. The molecule has 0 aromatic heterocycles. The summed E-state index contributed by atoms with van der Waals surface area (Å²) in [7, 11) is 0. The van der Waals surface area contributed by atoms with Crippen molar-refractivity contribution >= 4 is 5.97 Å². The fraction of sp³-hybridized carbons (Fsp3) is 0.273. The molecule has 1 aromatic rings. The first-order valence-electron chi connectivity index (χ1n) is 4.33. The Kier molecular flexibility index (Phi) is 2.88. The van der Waals surface area contributed by atoms with E-state index in [1.54, 1.807) is 6.07 Å². The van der Waals surface area contributed by atoms with E-state index in [9.17, 15) is 4.79 Å². The average molecular weight is 189 g/mol. The molecule has 1 rings (SSSR count). The lowest BCUT2D eigenvalue weighted by Gasteiger charge is -2.07. The second kappa shape index (κ2) is 3.93. The van der Waals surface area contributed by atoms with Gasteiger partial charge in [-0.2, -0.15) is 5.26 Å². The molecule has 0 saturated heterocycles. The van der Waals surface area contributed by atoms with Crippen LogP contribution in [-0.2, 0) is 0 Å². The number of nitrogens with zero attached hydrogens (tertiary/aromatic N) is 1. The smallest absolute Gasteiger partial charge is 0.335 e. The molecule has 0 unspecified atom stereocenters. The van der Waals surface area contributed by atoms with Crippen LogP contribution in [0.4, 0.5) is 0 Å². The molecule has 3 heteroatoms. The molecular formula is C11H11NO2. The van der Waals surface area contributed by atoms with E-state index in [4.69, 9.17) is 10.4 Å². The Morgan fingerprint density at radius 2 is 2.14 bits per heavy atom. The van der Waals surface area contributed by atoms with E-state index < -0.39 is 5.97 Å². The molecule has 0 aliphatic heterocycles. The number of aromatic carboxylic acids is 1. The van der Waals surface area contributed by atoms with E-state index in [-0.39, 0.29) is 11.5 Å². The van der Waals surface area contributed by atoms with Gasteiger partial charge in [0.1, 0.15) is 0 Å². The summed E-state index contributed by atoms with van der Waals surface area (Å²) in [6.07, 6.45) is 0. The summed E-state index contributed by atoms with van der Waals surface area (Å²) in [4.78, 5) is 10.6. The van der Waals surface area contributed by atoms with Crippen LogP contribution in [0.5, 0.6) is 0 Å². The lowest BCUT2D eigenvalue weighted by atomic mass is 9.96. The number of benzene rings is 1. The van der Waals surface area contributed by atoms with Crippen molar-refractivity contribution < 1.29 is 9.90 Å². The van der Waals surface area contributed by atoms with E-state index in [1.165, 1.54) is 12.1 Å². The monoisotopic (exact) mass is 189 g/mol. The molecule has 0 fully saturated rings. The largest absolute Gasteiger partial charge is 0.478 e. The molecule has 1 aromatic carbocycles. The van der Waals surface area contributed by atoms with Crippen molar-refractivity contribution in [2.75, 3.05) is 0 Å². The first kappa shape index (κ1) is 10.3. The van der Waals surface area contributed by atoms with Crippen LogP contribution in [0.1, 0.15) is 41.3 Å². The summed E-state index contributed by atoms with van der Waals surface area (Å²) in [5.41, 5.74) is 1.49. The standard InChI is InChI=1S/C11H11NO2/c1-7(2)10-4-3-8(11(13)14)5-9(10)6-12/h3-5,7H,1-2H3,(H,13,14). The van der Waals surface area contributed by atoms with E-state index in [0.29, 0.717) is 5.56 Å². The van der Waals surface area contributed by atoms with Crippen LogP contribution >= 0.6 is 0 Å². The van der Waals surface area contributed by atoms with Crippen LogP contribution in [0, 0.1) is 11.3 Å². The van der Waals surface area contributed by atoms with Crippen LogP contribution in [0.3, 0.4) is 0 Å². The second-order valence-corrected chi connectivity index (χ2v) is 3.37. The molecule has 3 nitrogen and oxygen atoms in total. The molecule has 0 saturated carbocycles. The van der Waals surface area contributed by atoms with Crippen molar-refractivity contribution in [1.82, 2.24) is 0 Å². The average Bonchev–Trinajstić information content (AvgIpc) is 2.16. The molecule has 72 valence electrons. The SMILES string of the molecule is CC(C)c1ccc(C(=O)O)cc1C#N. The zero-order valence-corrected chi connectivity index (χ0v) is 8.11. The van der Waals surface area contributed by atoms with Crippen molar-refractivity contribution in [1.29, 1.82) is 5.26 Å². The van der Waals surface area contributed by atoms with Crippen LogP contribution < -0.4 is 0 Å². The molecule has 0 spiro atoms. The van der Waals surface area contributed by atoms with Gasteiger partial charge in [-0.05, 0) is 23.6 Å². The number of nitriles is 1. The zero-order valence-electron chi connectivity index (χ0n) is 8.11. The number of carbonyl (C=O) groups is 1. The van der Waals surface area contributed by atoms with Crippen LogP contribution in [0.15, 0.2) is 18.2 Å². The van der Waals surface area contributed by atoms with Gasteiger partial charge in [0.2, 0.25) is 0 Å². The molecule has 0 aliphatic carbocycles. The predicted octanol–water partition coefficient (Wildman–Crippen LogP) is 2.38. The first-order valence-corrected chi connectivity index (χ1v) is 4.33. The maximum Gasteiger partial charge on any atom is 0.335 e. The van der Waals surface area contributed by atoms with Crippen LogP contribution in [0.2, 0.25) is 0 Å². The highest BCUT2D eigenvalue weighted by Crippen LogP contribution is 2.20. The minimum Gasteiger partial charge on any atom is -0.478 e. The Hall–Kier alpha value is -1.82. The van der Waals surface area contributed by atoms with E-state index in [1.807, 2.05) is 19.9 Å². The van der Waals surface area contributed by atoms with E-state index in [2.05, 4.69) is 0 Å². The van der Waals surface area contributed by atoms with Crippen molar-refractivity contribution in [3.05, 3.63) is 34.9 Å². The molecule has 0 amide bonds. The highest BCUT2D eigenvalue weighted by atomic mass is 16.4. The number of carboxylic acid groups (broad SMARTS) is 1. The molecule has 0 bridgehead atoms. The number of hydrogen-bond donors (Lipinski definition) is 1. The van der Waals surface area contributed by atoms with Gasteiger partial charge in [-0.1, -0.05) is 19.9 Å². The molecule has 0 atom stereocenters. The topological polar surface area (TPSA) is 61.1 Å². The normalized spacial score (nSPS) is 9.86. The van der Waals surface area contributed by atoms with Gasteiger partial charge in [0.25, 0.3) is 0 Å². The minimum absolute atomic E-state index is 0.158. The lowest BCUT2D eigenvalue weighted by Crippen LogP contribution is -2.00. The van der Waals surface area contributed by atoms with Gasteiger partial charge >= 0.3 is 5.97 Å². The van der Waals surface area contributed by atoms with Gasteiger partial charge in [0.15, 0.2) is 0 Å². The van der Waals surface area contributed by atoms with E-state index in [0.717, 1.165) is 5.56 Å². The van der Waals surface area contributed by atoms with Crippen LogP contribution in [0.25, 0.3) is 0 Å². The van der Waals surface area contributed by atoms with Gasteiger partial charge in [0, 0.05) is 0 Å². The third-order valence-corrected chi connectivity index (χ3v) is 2.04. The Labute approximate surface area is 82.6 Å². The number of rotatable bonds is 2. The zero-order chi connectivity index (χ0) is 10.7. The maximum absolute atomic E-state index is 10.6. The summed E-state index contributed by atoms with van der Waals surface area (Å²) in [6, 6.07) is 6.65. The Bertz CT molecular complexity index is 402. The quantitative estimate of drug-likeness (QED) is 0.776. The van der Waals surface area contributed by atoms with Gasteiger partial charge in [-0.15, -0.1) is 0 Å². The Morgan fingerprint density at radius 1 is 1.50 bits per heavy atom. The molecule has 0 aliphatic rings. The lowest BCUT2D eigenvalue weighted by molar-refractivity contribution is 0.0697. The highest BCUT2D eigenvalue weighted by molar-refractivity contribution is 5.88. The van der Waals surface area contributed by atoms with Crippen molar-refractivity contribution in [2.45, 2.75) is 19.8 Å². The highest BCUT2D eigenvalue weighted by Gasteiger charge is 2.10. The third-order valence-electron chi connectivity index (χ3n) is 2.04. The summed E-state index contributed by atoms with van der Waals surface area (Å²) in [6.45, 7) is 3.94.